The molecular weight excluding hydrogens is 426 g/mol. The number of hydrogen-bond donors (Lipinski definition) is 1. The van der Waals surface area contributed by atoms with Gasteiger partial charge in [-0.1, -0.05) is 72.7 Å². The second-order valence-electron chi connectivity index (χ2n) is 11.0. The van der Waals surface area contributed by atoms with Crippen molar-refractivity contribution in [2.24, 2.45) is 0 Å². The number of nitrogens with zero attached hydrogens (tertiary/aromatic N) is 1. The Balaban J connectivity index is 2.21. The van der Waals surface area contributed by atoms with Gasteiger partial charge in [0.05, 0.1) is 18.7 Å². The highest BCUT2D eigenvalue weighted by molar-refractivity contribution is 6.46. The molecule has 1 heterocycles. The summed E-state index contributed by atoms with van der Waals surface area (Å²) in [4.78, 5) is 27.8. The topological polar surface area (TPSA) is 66.8 Å². The molecule has 0 bridgehead atoms. The Bertz CT molecular complexity index is 1110. The normalized spacial score (nSPS) is 18.5. The lowest BCUT2D eigenvalue weighted by molar-refractivity contribution is -0.139. The maximum absolute atomic E-state index is 13.2. The van der Waals surface area contributed by atoms with Crippen molar-refractivity contribution in [3.8, 4) is 5.75 Å². The van der Waals surface area contributed by atoms with E-state index in [1.165, 1.54) is 0 Å². The number of methoxy groups -OCH3 is 1. The van der Waals surface area contributed by atoms with Crippen LogP contribution in [0.25, 0.3) is 5.76 Å². The zero-order valence-corrected chi connectivity index (χ0v) is 21.7. The number of Topliss-reactive ketones (excluding diaryl/α,β-unsaturated/α-hetero) is 1. The molecule has 0 radical (unpaired) electrons. The van der Waals surface area contributed by atoms with Gasteiger partial charge in [-0.3, -0.25) is 9.59 Å². The van der Waals surface area contributed by atoms with Gasteiger partial charge in [-0.05, 0) is 46.6 Å². The van der Waals surface area contributed by atoms with Gasteiger partial charge in [0.15, 0.2) is 0 Å². The third kappa shape index (κ3) is 4.75. The minimum Gasteiger partial charge on any atom is -0.507 e. The van der Waals surface area contributed by atoms with E-state index in [1.807, 2.05) is 37.3 Å². The first-order valence-corrected chi connectivity index (χ1v) is 11.9. The van der Waals surface area contributed by atoms with E-state index in [4.69, 9.17) is 4.74 Å². The number of aliphatic hydroxyl groups excluding tert-OH is 1. The summed E-state index contributed by atoms with van der Waals surface area (Å²) in [5, 5.41) is 11.4. The van der Waals surface area contributed by atoms with E-state index in [0.29, 0.717) is 24.3 Å². The van der Waals surface area contributed by atoms with Gasteiger partial charge in [0.1, 0.15) is 11.5 Å². The van der Waals surface area contributed by atoms with E-state index in [9.17, 15) is 14.7 Å². The number of amides is 1. The molecule has 1 aliphatic rings. The van der Waals surface area contributed by atoms with Gasteiger partial charge in [0.2, 0.25) is 0 Å². The van der Waals surface area contributed by atoms with Crippen LogP contribution in [0.3, 0.4) is 0 Å². The third-order valence-corrected chi connectivity index (χ3v) is 6.38. The fourth-order valence-corrected chi connectivity index (χ4v) is 4.46. The van der Waals surface area contributed by atoms with Crippen LogP contribution in [0.5, 0.6) is 5.75 Å². The second kappa shape index (κ2) is 9.28. The highest BCUT2D eigenvalue weighted by Gasteiger charge is 2.45. The lowest BCUT2D eigenvalue weighted by Crippen LogP contribution is -2.30. The Hall–Kier alpha value is -3.08. The Labute approximate surface area is 203 Å². The number of benzene rings is 2. The second-order valence-corrected chi connectivity index (χ2v) is 11.0. The first-order valence-electron chi connectivity index (χ1n) is 11.9. The minimum absolute atomic E-state index is 0.0176. The van der Waals surface area contributed by atoms with Crippen molar-refractivity contribution in [3.63, 3.8) is 0 Å². The van der Waals surface area contributed by atoms with E-state index < -0.39 is 17.7 Å². The first kappa shape index (κ1) is 25.5. The number of ether oxygens (including phenoxy) is 1. The van der Waals surface area contributed by atoms with Crippen LogP contribution in [-0.4, -0.2) is 35.4 Å². The quantitative estimate of drug-likeness (QED) is 0.329. The average molecular weight is 464 g/mol. The molecule has 1 amide bonds. The van der Waals surface area contributed by atoms with Crippen LogP contribution >= 0.6 is 0 Å². The molecule has 5 nitrogen and oxygen atoms in total. The van der Waals surface area contributed by atoms with E-state index in [1.54, 1.807) is 24.1 Å². The van der Waals surface area contributed by atoms with Crippen LogP contribution in [0.1, 0.15) is 83.2 Å². The number of carbonyl (C=O) groups is 2. The Morgan fingerprint density at radius 3 is 2.09 bits per heavy atom. The summed E-state index contributed by atoms with van der Waals surface area (Å²) in [5.74, 6) is -0.665. The van der Waals surface area contributed by atoms with Crippen molar-refractivity contribution in [2.75, 3.05) is 13.7 Å². The van der Waals surface area contributed by atoms with Crippen molar-refractivity contribution in [3.05, 3.63) is 70.3 Å². The molecule has 1 atom stereocenters. The van der Waals surface area contributed by atoms with Crippen LogP contribution in [0.2, 0.25) is 0 Å². The summed E-state index contributed by atoms with van der Waals surface area (Å²) < 4.78 is 5.52. The number of likely N-dealkylation sites (tertiary alicyclic amines) is 1. The number of hydrogen-bond acceptors (Lipinski definition) is 4. The van der Waals surface area contributed by atoms with Crippen LogP contribution in [0, 0.1) is 0 Å². The van der Waals surface area contributed by atoms with Crippen molar-refractivity contribution >= 4 is 17.4 Å². The summed E-state index contributed by atoms with van der Waals surface area (Å²) in [6.45, 7) is 15.0. The molecule has 5 heteroatoms. The van der Waals surface area contributed by atoms with Gasteiger partial charge < -0.3 is 14.7 Å². The van der Waals surface area contributed by atoms with Gasteiger partial charge in [-0.25, -0.2) is 0 Å². The van der Waals surface area contributed by atoms with Gasteiger partial charge in [-0.15, -0.1) is 0 Å². The van der Waals surface area contributed by atoms with E-state index >= 15 is 0 Å². The van der Waals surface area contributed by atoms with Crippen LogP contribution < -0.4 is 4.74 Å². The molecule has 0 spiro atoms. The number of carbonyl (C=O) groups excluding carboxylic acids is 2. The van der Waals surface area contributed by atoms with E-state index in [2.05, 4.69) is 41.5 Å². The molecule has 1 fully saturated rings. The van der Waals surface area contributed by atoms with Gasteiger partial charge >= 0.3 is 0 Å². The molecule has 34 heavy (non-hydrogen) atoms. The van der Waals surface area contributed by atoms with E-state index in [0.717, 1.165) is 16.7 Å². The number of ketones is 1. The van der Waals surface area contributed by atoms with Crippen LogP contribution in [0.4, 0.5) is 0 Å². The molecule has 0 saturated carbocycles. The van der Waals surface area contributed by atoms with Crippen LogP contribution in [0.15, 0.2) is 48.0 Å². The fourth-order valence-electron chi connectivity index (χ4n) is 4.46. The largest absolute Gasteiger partial charge is 0.507 e. The Morgan fingerprint density at radius 2 is 1.59 bits per heavy atom. The monoisotopic (exact) mass is 463 g/mol. The van der Waals surface area contributed by atoms with E-state index in [-0.39, 0.29) is 22.2 Å². The highest BCUT2D eigenvalue weighted by Crippen LogP contribution is 2.41. The van der Waals surface area contributed by atoms with Crippen LogP contribution in [-0.2, 0) is 20.4 Å². The third-order valence-electron chi connectivity index (χ3n) is 6.38. The van der Waals surface area contributed by atoms with Gasteiger partial charge in [0, 0.05) is 17.7 Å². The molecule has 1 aliphatic heterocycles. The van der Waals surface area contributed by atoms with Crippen molar-refractivity contribution in [1.82, 2.24) is 4.90 Å². The molecular formula is C29H37NO4. The highest BCUT2D eigenvalue weighted by atomic mass is 16.5. The predicted molar refractivity (Wildman–Crippen MR) is 136 cm³/mol. The molecule has 2 aromatic carbocycles. The molecule has 1 N–H and O–H groups in total. The predicted octanol–water partition coefficient (Wildman–Crippen LogP) is 6.12. The molecule has 1 saturated heterocycles. The van der Waals surface area contributed by atoms with Crippen molar-refractivity contribution in [1.29, 1.82) is 0 Å². The summed E-state index contributed by atoms with van der Waals surface area (Å²) in [5.41, 5.74) is 3.26. The molecule has 3 rings (SSSR count). The maximum Gasteiger partial charge on any atom is 0.295 e. The maximum atomic E-state index is 13.2. The number of rotatable bonds is 5. The molecule has 0 aromatic heterocycles. The zero-order chi connectivity index (χ0) is 25.4. The molecule has 2 aromatic rings. The summed E-state index contributed by atoms with van der Waals surface area (Å²) in [6.07, 6.45) is 0.709. The zero-order valence-electron chi connectivity index (χ0n) is 21.7. The summed E-state index contributed by atoms with van der Waals surface area (Å²) in [7, 11) is 1.61. The molecule has 182 valence electrons. The smallest absolute Gasteiger partial charge is 0.295 e. The average Bonchev–Trinajstić information content (AvgIpc) is 3.02. The minimum atomic E-state index is -0.649. The number of aliphatic hydroxyl groups is 1. The molecule has 0 aliphatic carbocycles. The van der Waals surface area contributed by atoms with Crippen molar-refractivity contribution in [2.45, 2.75) is 71.8 Å². The summed E-state index contributed by atoms with van der Waals surface area (Å²) >= 11 is 0. The fraction of sp³-hybridized carbons (Fsp3) is 0.448. The lowest BCUT2D eigenvalue weighted by Gasteiger charge is -2.26. The summed E-state index contributed by atoms with van der Waals surface area (Å²) in [6, 6.07) is 12.7. The Kier molecular flexibility index (Phi) is 6.97. The van der Waals surface area contributed by atoms with Gasteiger partial charge in [0.25, 0.3) is 11.7 Å². The van der Waals surface area contributed by atoms with Crippen molar-refractivity contribution < 1.29 is 19.4 Å². The lowest BCUT2D eigenvalue weighted by atomic mass is 9.84. The Morgan fingerprint density at radius 1 is 0.971 bits per heavy atom. The molecule has 1 unspecified atom stereocenters. The first-order chi connectivity index (χ1) is 15.8. The SMILES string of the molecule is CCCN1C(=O)C(=O)/C(=C(\O)c2ccc(OC)c(C(C)(C)C)c2)C1c1ccc(C(C)(C)C)cc1. The van der Waals surface area contributed by atoms with Gasteiger partial charge in [-0.2, -0.15) is 0 Å². The standard InChI is InChI=1S/C29H37NO4/c1-9-16-30-24(18-10-13-20(14-11-18)28(2,3)4)23(26(32)27(30)33)25(31)19-12-15-22(34-8)21(17-19)29(5,6)7/h10-15,17,24,31H,9,16H2,1-8H3/b25-23-.